The van der Waals surface area contributed by atoms with Gasteiger partial charge in [-0.25, -0.2) is 4.79 Å². The van der Waals surface area contributed by atoms with Gasteiger partial charge in [-0.3, -0.25) is 9.59 Å². The molecule has 0 fully saturated rings. The average Bonchev–Trinajstić information content (AvgIpc) is 2.82. The number of rotatable bonds is 17. The fraction of sp³-hybridized carbons (Fsp3) is 0.667. The molecule has 1 rings (SSSR count). The minimum atomic E-state index is -0.834. The van der Waals surface area contributed by atoms with Crippen LogP contribution in [0.2, 0.25) is 0 Å². The lowest BCUT2D eigenvalue weighted by Crippen LogP contribution is -2.53. The van der Waals surface area contributed by atoms with Crippen LogP contribution in [-0.2, 0) is 30.5 Å². The number of nitrogens with one attached hydrogen (secondary N) is 1. The zero-order valence-corrected chi connectivity index (χ0v) is 21.7. The summed E-state index contributed by atoms with van der Waals surface area (Å²) in [6.07, 6.45) is 8.28. The second-order valence-corrected chi connectivity index (χ2v) is 9.33. The Hall–Kier alpha value is -2.41. The molecule has 0 bridgehead atoms. The van der Waals surface area contributed by atoms with Crippen molar-refractivity contribution < 1.29 is 23.9 Å². The lowest BCUT2D eigenvalue weighted by molar-refractivity contribution is -0.147. The van der Waals surface area contributed by atoms with Gasteiger partial charge >= 0.3 is 5.97 Å². The smallest absolute Gasteiger partial charge is 0.328 e. The number of nitrogens with zero attached hydrogens (tertiary/aromatic N) is 1. The van der Waals surface area contributed by atoms with Crippen molar-refractivity contribution in [1.29, 1.82) is 0 Å². The van der Waals surface area contributed by atoms with Crippen molar-refractivity contribution in [3.8, 4) is 0 Å². The molecule has 2 amide bonds. The van der Waals surface area contributed by atoms with E-state index in [0.717, 1.165) is 30.7 Å². The molecule has 0 unspecified atom stereocenters. The average molecular weight is 477 g/mol. The van der Waals surface area contributed by atoms with Gasteiger partial charge in [-0.1, -0.05) is 82.7 Å². The molecule has 192 valence electrons. The first-order chi connectivity index (χ1) is 16.3. The third-order valence-electron chi connectivity index (χ3n) is 5.89. The van der Waals surface area contributed by atoms with Crippen LogP contribution in [0.25, 0.3) is 0 Å². The maximum absolute atomic E-state index is 12.9. The molecule has 1 aromatic rings. The highest BCUT2D eigenvalue weighted by molar-refractivity contribution is 5.90. The first-order valence-electron chi connectivity index (χ1n) is 12.5. The van der Waals surface area contributed by atoms with E-state index < -0.39 is 24.0 Å². The first kappa shape index (κ1) is 29.6. The minimum Gasteiger partial charge on any atom is -0.467 e. The van der Waals surface area contributed by atoms with Crippen LogP contribution in [0, 0.1) is 5.92 Å². The number of unbranched alkanes of at least 4 members (excludes halogenated alkanes) is 5. The van der Waals surface area contributed by atoms with Crippen molar-refractivity contribution >= 4 is 17.8 Å². The summed E-state index contributed by atoms with van der Waals surface area (Å²) in [4.78, 5) is 38.9. The Kier molecular flexibility index (Phi) is 14.9. The number of esters is 1. The van der Waals surface area contributed by atoms with Gasteiger partial charge in [0.05, 0.1) is 20.3 Å². The number of benzene rings is 1. The monoisotopic (exact) mass is 476 g/mol. The quantitative estimate of drug-likeness (QED) is 0.265. The van der Waals surface area contributed by atoms with Crippen molar-refractivity contribution in [2.45, 2.75) is 90.8 Å². The molecule has 0 heterocycles. The van der Waals surface area contributed by atoms with Gasteiger partial charge in [0, 0.05) is 13.5 Å². The molecule has 1 N–H and O–H groups in total. The van der Waals surface area contributed by atoms with Crippen molar-refractivity contribution in [3.63, 3.8) is 0 Å². The van der Waals surface area contributed by atoms with E-state index in [1.54, 1.807) is 14.0 Å². The fourth-order valence-corrected chi connectivity index (χ4v) is 3.66. The van der Waals surface area contributed by atoms with Gasteiger partial charge in [0.15, 0.2) is 0 Å². The Morgan fingerprint density at radius 3 is 2.18 bits per heavy atom. The SMILES string of the molecule is COC(=O)[C@@H](C)NC(=O)[C@@H](COCc1ccccc1)N(C)C(=O)CCCCCCCCC(C)C. The van der Waals surface area contributed by atoms with Gasteiger partial charge in [0.2, 0.25) is 11.8 Å². The molecule has 0 aliphatic carbocycles. The Morgan fingerprint density at radius 2 is 1.56 bits per heavy atom. The standard InChI is InChI=1S/C27H44N2O5/c1-21(2)15-11-8-6-7-9-14-18-25(30)29(4)24(26(31)28-22(3)27(32)33-5)20-34-19-23-16-12-10-13-17-23/h10,12-13,16-17,21-22,24H,6-9,11,14-15,18-20H2,1-5H3,(H,28,31)/t22-,24-/m1/s1. The van der Waals surface area contributed by atoms with Crippen molar-refractivity contribution in [3.05, 3.63) is 35.9 Å². The second-order valence-electron chi connectivity index (χ2n) is 9.33. The largest absolute Gasteiger partial charge is 0.467 e. The van der Waals surface area contributed by atoms with Crippen LogP contribution in [0.1, 0.15) is 77.7 Å². The molecular formula is C27H44N2O5. The number of ether oxygens (including phenoxy) is 2. The van der Waals surface area contributed by atoms with E-state index in [4.69, 9.17) is 4.74 Å². The summed E-state index contributed by atoms with van der Waals surface area (Å²) in [5, 5.41) is 2.63. The summed E-state index contributed by atoms with van der Waals surface area (Å²) in [6.45, 7) is 6.41. The van der Waals surface area contributed by atoms with Gasteiger partial charge in [-0.15, -0.1) is 0 Å². The first-order valence-corrected chi connectivity index (χ1v) is 12.5. The van der Waals surface area contributed by atoms with Crippen LogP contribution in [-0.4, -0.2) is 55.5 Å². The summed E-state index contributed by atoms with van der Waals surface area (Å²) in [6, 6.07) is 7.99. The summed E-state index contributed by atoms with van der Waals surface area (Å²) in [7, 11) is 2.89. The normalized spacial score (nSPS) is 12.8. The maximum atomic E-state index is 12.9. The predicted octanol–water partition coefficient (Wildman–Crippen LogP) is 4.48. The van der Waals surface area contributed by atoms with Crippen LogP contribution in [0.15, 0.2) is 30.3 Å². The summed E-state index contributed by atoms with van der Waals surface area (Å²) in [5.74, 6) is -0.328. The molecular weight excluding hydrogens is 432 g/mol. The van der Waals surface area contributed by atoms with E-state index in [9.17, 15) is 14.4 Å². The predicted molar refractivity (Wildman–Crippen MR) is 134 cm³/mol. The molecule has 0 saturated heterocycles. The van der Waals surface area contributed by atoms with E-state index in [1.807, 2.05) is 30.3 Å². The number of carbonyl (C=O) groups is 3. The van der Waals surface area contributed by atoms with Gasteiger partial charge in [-0.05, 0) is 24.8 Å². The van der Waals surface area contributed by atoms with Crippen molar-refractivity contribution in [1.82, 2.24) is 10.2 Å². The number of carbonyl (C=O) groups excluding carboxylic acids is 3. The number of hydrogen-bond donors (Lipinski definition) is 1. The topological polar surface area (TPSA) is 84.9 Å². The van der Waals surface area contributed by atoms with Crippen molar-refractivity contribution in [2.75, 3.05) is 20.8 Å². The Labute approximate surface area is 205 Å². The molecule has 34 heavy (non-hydrogen) atoms. The summed E-state index contributed by atoms with van der Waals surface area (Å²) < 4.78 is 10.5. The molecule has 0 aromatic heterocycles. The van der Waals surface area contributed by atoms with Crippen molar-refractivity contribution in [2.24, 2.45) is 5.92 Å². The molecule has 7 nitrogen and oxygen atoms in total. The third kappa shape index (κ3) is 12.2. The molecule has 0 aliphatic rings. The van der Waals surface area contributed by atoms with Crippen LogP contribution in [0.5, 0.6) is 0 Å². The van der Waals surface area contributed by atoms with Crippen LogP contribution in [0.3, 0.4) is 0 Å². The maximum Gasteiger partial charge on any atom is 0.328 e. The van der Waals surface area contributed by atoms with Gasteiger partial charge < -0.3 is 19.7 Å². The van der Waals surface area contributed by atoms with Crippen LogP contribution >= 0.6 is 0 Å². The van der Waals surface area contributed by atoms with Gasteiger partial charge in [0.1, 0.15) is 12.1 Å². The molecule has 0 spiro atoms. The van der Waals surface area contributed by atoms with E-state index >= 15 is 0 Å². The molecule has 7 heteroatoms. The fourth-order valence-electron chi connectivity index (χ4n) is 3.66. The Bertz CT molecular complexity index is 723. The van der Waals surface area contributed by atoms with E-state index in [-0.39, 0.29) is 12.5 Å². The number of likely N-dealkylation sites (N-methyl/N-ethyl adjacent to an activating group) is 1. The van der Waals surface area contributed by atoms with E-state index in [0.29, 0.717) is 13.0 Å². The third-order valence-corrected chi connectivity index (χ3v) is 5.89. The number of methoxy groups -OCH3 is 1. The molecule has 2 atom stereocenters. The highest BCUT2D eigenvalue weighted by atomic mass is 16.5. The molecule has 0 saturated carbocycles. The van der Waals surface area contributed by atoms with Crippen LogP contribution in [0.4, 0.5) is 0 Å². The van der Waals surface area contributed by atoms with Crippen LogP contribution < -0.4 is 5.32 Å². The Balaban J connectivity index is 2.56. The molecule has 0 radical (unpaired) electrons. The highest BCUT2D eigenvalue weighted by Gasteiger charge is 2.29. The zero-order valence-electron chi connectivity index (χ0n) is 21.7. The molecule has 1 aromatic carbocycles. The second kappa shape index (κ2) is 17.1. The number of hydrogen-bond acceptors (Lipinski definition) is 5. The summed E-state index contributed by atoms with van der Waals surface area (Å²) in [5.41, 5.74) is 0.979. The minimum absolute atomic E-state index is 0.0344. The summed E-state index contributed by atoms with van der Waals surface area (Å²) >= 11 is 0. The van der Waals surface area contributed by atoms with Gasteiger partial charge in [0.25, 0.3) is 0 Å². The molecule has 0 aliphatic heterocycles. The lowest BCUT2D eigenvalue weighted by Gasteiger charge is -2.28. The Morgan fingerprint density at radius 1 is 0.941 bits per heavy atom. The highest BCUT2D eigenvalue weighted by Crippen LogP contribution is 2.13. The zero-order chi connectivity index (χ0) is 25.3. The lowest BCUT2D eigenvalue weighted by atomic mass is 10.0. The van der Waals surface area contributed by atoms with Gasteiger partial charge in [-0.2, -0.15) is 0 Å². The van der Waals surface area contributed by atoms with E-state index in [2.05, 4.69) is 23.9 Å². The number of amides is 2. The van der Waals surface area contributed by atoms with E-state index in [1.165, 1.54) is 37.7 Å².